The first-order chi connectivity index (χ1) is 13.2. The number of amides is 2. The fourth-order valence-corrected chi connectivity index (χ4v) is 4.61. The van der Waals surface area contributed by atoms with E-state index in [4.69, 9.17) is 9.47 Å². The largest absolute Gasteiger partial charge is 0.382 e. The van der Waals surface area contributed by atoms with Gasteiger partial charge in [-0.2, -0.15) is 0 Å². The third kappa shape index (κ3) is 5.65. The second kappa shape index (κ2) is 10.4. The summed E-state index contributed by atoms with van der Waals surface area (Å²) in [5.41, 5.74) is 0. The van der Waals surface area contributed by atoms with Crippen LogP contribution in [-0.4, -0.2) is 98.8 Å². The van der Waals surface area contributed by atoms with Gasteiger partial charge in [-0.3, -0.25) is 14.5 Å². The zero-order chi connectivity index (χ0) is 19.1. The molecule has 0 aromatic carbocycles. The molecule has 3 aliphatic rings. The Kier molecular flexibility index (Phi) is 7.91. The lowest BCUT2D eigenvalue weighted by molar-refractivity contribution is -0.138. The average molecular weight is 382 g/mol. The number of carbonyl (C=O) groups is 2. The van der Waals surface area contributed by atoms with E-state index in [1.54, 1.807) is 7.11 Å². The molecule has 0 aromatic heterocycles. The molecule has 27 heavy (non-hydrogen) atoms. The van der Waals surface area contributed by atoms with E-state index in [-0.39, 0.29) is 18.4 Å². The van der Waals surface area contributed by atoms with Gasteiger partial charge in [0, 0.05) is 45.9 Å². The van der Waals surface area contributed by atoms with Crippen LogP contribution in [0.5, 0.6) is 0 Å². The number of nitrogens with zero attached hydrogens (tertiary/aromatic N) is 3. The summed E-state index contributed by atoms with van der Waals surface area (Å²) in [6.45, 7) is 6.57. The summed E-state index contributed by atoms with van der Waals surface area (Å²) in [6, 6.07) is 0.498. The quantitative estimate of drug-likeness (QED) is 0.615. The monoisotopic (exact) mass is 381 g/mol. The van der Waals surface area contributed by atoms with E-state index in [1.165, 1.54) is 0 Å². The number of methoxy groups -OCH3 is 1. The number of carbonyl (C=O) groups excluding carboxylic acids is 2. The van der Waals surface area contributed by atoms with Crippen molar-refractivity contribution in [1.29, 1.82) is 0 Å². The van der Waals surface area contributed by atoms with Gasteiger partial charge in [-0.25, -0.2) is 0 Å². The van der Waals surface area contributed by atoms with Gasteiger partial charge in [0.25, 0.3) is 0 Å². The molecule has 3 saturated heterocycles. The van der Waals surface area contributed by atoms with E-state index in [2.05, 4.69) is 9.80 Å². The van der Waals surface area contributed by atoms with Crippen LogP contribution in [0.25, 0.3) is 0 Å². The Morgan fingerprint density at radius 1 is 0.889 bits per heavy atom. The van der Waals surface area contributed by atoms with Crippen LogP contribution < -0.4 is 0 Å². The molecule has 3 fully saturated rings. The second-order valence-electron chi connectivity index (χ2n) is 8.02. The highest BCUT2D eigenvalue weighted by Crippen LogP contribution is 2.26. The van der Waals surface area contributed by atoms with E-state index < -0.39 is 0 Å². The molecule has 0 N–H and O–H groups in total. The first-order valence-corrected chi connectivity index (χ1v) is 10.6. The fourth-order valence-electron chi connectivity index (χ4n) is 4.61. The summed E-state index contributed by atoms with van der Waals surface area (Å²) in [7, 11) is 1.62. The standard InChI is InChI=1S/C20H35N3O4/c1-26-13-14-27-16-19(24)21-11-6-18(7-12-21)23-10-4-5-17(15-23)20(25)22-8-2-3-9-22/h17-18H,2-16H2,1H3/t17-/m0/s1. The molecule has 0 saturated carbocycles. The molecular formula is C20H35N3O4. The molecule has 2 amide bonds. The molecule has 0 radical (unpaired) electrons. The Bertz CT molecular complexity index is 488. The Hall–Kier alpha value is -1.18. The van der Waals surface area contributed by atoms with Crippen LogP contribution in [0.4, 0.5) is 0 Å². The molecule has 3 aliphatic heterocycles. The maximum absolute atomic E-state index is 12.7. The van der Waals surface area contributed by atoms with Crippen molar-refractivity contribution in [2.24, 2.45) is 5.92 Å². The molecule has 3 rings (SSSR count). The van der Waals surface area contributed by atoms with Crippen LogP contribution in [-0.2, 0) is 19.1 Å². The average Bonchev–Trinajstić information content (AvgIpc) is 3.25. The van der Waals surface area contributed by atoms with Crippen LogP contribution in [0.1, 0.15) is 38.5 Å². The third-order valence-electron chi connectivity index (χ3n) is 6.21. The summed E-state index contributed by atoms with van der Waals surface area (Å²) in [6.07, 6.45) is 6.44. The number of rotatable bonds is 7. The van der Waals surface area contributed by atoms with Crippen LogP contribution in [0.3, 0.4) is 0 Å². The Labute approximate surface area is 162 Å². The third-order valence-corrected chi connectivity index (χ3v) is 6.21. The zero-order valence-electron chi connectivity index (χ0n) is 16.7. The highest BCUT2D eigenvalue weighted by Gasteiger charge is 2.34. The van der Waals surface area contributed by atoms with Crippen molar-refractivity contribution in [2.45, 2.75) is 44.6 Å². The van der Waals surface area contributed by atoms with Crippen LogP contribution in [0.15, 0.2) is 0 Å². The second-order valence-corrected chi connectivity index (χ2v) is 8.02. The lowest BCUT2D eigenvalue weighted by Crippen LogP contribution is -2.52. The maximum Gasteiger partial charge on any atom is 0.248 e. The number of hydrogen-bond donors (Lipinski definition) is 0. The topological polar surface area (TPSA) is 62.3 Å². The van der Waals surface area contributed by atoms with Gasteiger partial charge >= 0.3 is 0 Å². The molecule has 0 unspecified atom stereocenters. The smallest absolute Gasteiger partial charge is 0.248 e. The highest BCUT2D eigenvalue weighted by atomic mass is 16.5. The molecule has 7 heteroatoms. The molecule has 0 bridgehead atoms. The van der Waals surface area contributed by atoms with Gasteiger partial charge in [-0.15, -0.1) is 0 Å². The summed E-state index contributed by atoms with van der Waals surface area (Å²) < 4.78 is 10.3. The lowest BCUT2D eigenvalue weighted by atomic mass is 9.93. The van der Waals surface area contributed by atoms with Gasteiger partial charge in [0.05, 0.1) is 19.1 Å². The molecular weight excluding hydrogens is 346 g/mol. The number of ether oxygens (including phenoxy) is 2. The number of likely N-dealkylation sites (tertiary alicyclic amines) is 3. The van der Waals surface area contributed by atoms with Crippen LogP contribution in [0.2, 0.25) is 0 Å². The van der Waals surface area contributed by atoms with E-state index in [0.29, 0.717) is 25.2 Å². The van der Waals surface area contributed by atoms with Gasteiger partial charge in [0.1, 0.15) is 6.61 Å². The minimum absolute atomic E-state index is 0.0743. The summed E-state index contributed by atoms with van der Waals surface area (Å²) in [5, 5.41) is 0. The van der Waals surface area contributed by atoms with Crippen molar-refractivity contribution >= 4 is 11.8 Å². The van der Waals surface area contributed by atoms with Gasteiger partial charge < -0.3 is 19.3 Å². The summed E-state index contributed by atoms with van der Waals surface area (Å²) in [4.78, 5) is 31.5. The summed E-state index contributed by atoms with van der Waals surface area (Å²) in [5.74, 6) is 0.619. The van der Waals surface area contributed by atoms with E-state index in [0.717, 1.165) is 77.8 Å². The highest BCUT2D eigenvalue weighted by molar-refractivity contribution is 5.79. The van der Waals surface area contributed by atoms with Crippen molar-refractivity contribution in [3.63, 3.8) is 0 Å². The van der Waals surface area contributed by atoms with Gasteiger partial charge in [0.2, 0.25) is 11.8 Å². The van der Waals surface area contributed by atoms with Crippen molar-refractivity contribution in [3.05, 3.63) is 0 Å². The number of piperidine rings is 2. The van der Waals surface area contributed by atoms with Gasteiger partial charge in [-0.1, -0.05) is 0 Å². The molecule has 0 aromatic rings. The molecule has 0 aliphatic carbocycles. The molecule has 154 valence electrons. The van der Waals surface area contributed by atoms with Gasteiger partial charge in [-0.05, 0) is 45.1 Å². The molecule has 1 atom stereocenters. The first-order valence-electron chi connectivity index (χ1n) is 10.6. The molecule has 0 spiro atoms. The Morgan fingerprint density at radius 3 is 2.33 bits per heavy atom. The lowest BCUT2D eigenvalue weighted by Gasteiger charge is -2.42. The zero-order valence-corrected chi connectivity index (χ0v) is 16.7. The maximum atomic E-state index is 12.7. The minimum atomic E-state index is 0.0743. The van der Waals surface area contributed by atoms with Crippen molar-refractivity contribution < 1.29 is 19.1 Å². The molecule has 3 heterocycles. The van der Waals surface area contributed by atoms with Crippen molar-refractivity contribution in [1.82, 2.24) is 14.7 Å². The van der Waals surface area contributed by atoms with E-state index >= 15 is 0 Å². The van der Waals surface area contributed by atoms with Crippen LogP contribution in [0, 0.1) is 5.92 Å². The SMILES string of the molecule is COCCOCC(=O)N1CCC(N2CCC[C@H](C(=O)N3CCCC3)C2)CC1. The fraction of sp³-hybridized carbons (Fsp3) is 0.900. The normalized spacial score (nSPS) is 25.1. The van der Waals surface area contributed by atoms with Crippen LogP contribution >= 0.6 is 0 Å². The Morgan fingerprint density at radius 2 is 1.63 bits per heavy atom. The Balaban J connectivity index is 1.41. The van der Waals surface area contributed by atoms with Gasteiger partial charge in [0.15, 0.2) is 0 Å². The van der Waals surface area contributed by atoms with E-state index in [1.807, 2.05) is 4.90 Å². The van der Waals surface area contributed by atoms with E-state index in [9.17, 15) is 9.59 Å². The van der Waals surface area contributed by atoms with Crippen molar-refractivity contribution in [3.8, 4) is 0 Å². The predicted octanol–water partition coefficient (Wildman–Crippen LogP) is 0.975. The first kappa shape index (κ1) is 20.6. The molecule has 7 nitrogen and oxygen atoms in total. The minimum Gasteiger partial charge on any atom is -0.382 e. The van der Waals surface area contributed by atoms with Crippen molar-refractivity contribution in [2.75, 3.05) is 66.2 Å². The number of hydrogen-bond acceptors (Lipinski definition) is 5. The summed E-state index contributed by atoms with van der Waals surface area (Å²) >= 11 is 0. The predicted molar refractivity (Wildman–Crippen MR) is 102 cm³/mol.